The minimum absolute atomic E-state index is 0.132. The van der Waals surface area contributed by atoms with Crippen molar-refractivity contribution in [2.75, 3.05) is 20.2 Å². The van der Waals surface area contributed by atoms with Gasteiger partial charge in [-0.15, -0.1) is 0 Å². The number of aryl methyl sites for hydroxylation is 1. The van der Waals surface area contributed by atoms with Gasteiger partial charge in [0.15, 0.2) is 0 Å². The molecule has 0 saturated carbocycles. The zero-order valence-corrected chi connectivity index (χ0v) is 22.6. The third-order valence-electron chi connectivity index (χ3n) is 6.83. The summed E-state index contributed by atoms with van der Waals surface area (Å²) in [4.78, 5) is 12.6. The summed E-state index contributed by atoms with van der Waals surface area (Å²) in [6.45, 7) is 9.62. The van der Waals surface area contributed by atoms with Crippen LogP contribution < -0.4 is 18.2 Å². The van der Waals surface area contributed by atoms with Gasteiger partial charge in [0.1, 0.15) is 0 Å². The molecule has 4 rings (SSSR count). The molecule has 6 heteroatoms. The summed E-state index contributed by atoms with van der Waals surface area (Å²) < 4.78 is 11.1. The Balaban J connectivity index is 1.96. The van der Waals surface area contributed by atoms with E-state index < -0.39 is 5.41 Å². The predicted octanol–water partition coefficient (Wildman–Crippen LogP) is 4.61. The Morgan fingerprint density at radius 3 is 2.64 bits per heavy atom. The first-order chi connectivity index (χ1) is 15.6. The molecule has 0 N–H and O–H groups in total. The Morgan fingerprint density at radius 2 is 1.97 bits per heavy atom. The van der Waals surface area contributed by atoms with Crippen LogP contribution in [-0.4, -0.2) is 40.9 Å². The number of Topliss-reactive ketones (excluding diaryl/α,β-unsaturated/α-hetero) is 1. The molecule has 0 aliphatic carbocycles. The molecule has 0 spiro atoms. The Labute approximate surface area is 207 Å². The molecule has 0 amide bonds. The van der Waals surface area contributed by atoms with Crippen LogP contribution in [-0.2, 0) is 11.8 Å². The van der Waals surface area contributed by atoms with Crippen LogP contribution in [0.3, 0.4) is 0 Å². The molecule has 3 aromatic rings. The standard InChI is InChI=1S/C27H31ClN2O2Se/c1-7-30(17-27(3,4)18(2)31)24-16-21(32-6)9-11-25(24)33-26(30)14-19-12-13-29(5)23-10-8-20(28)15-22(19)23/h8-16H,7,17H2,1-6H3/q+2/b26-14-. The number of rotatable bonds is 6. The van der Waals surface area contributed by atoms with Gasteiger partial charge in [0, 0.05) is 0 Å². The number of nitrogens with zero attached hydrogens (tertiary/aromatic N) is 2. The molecule has 33 heavy (non-hydrogen) atoms. The van der Waals surface area contributed by atoms with Crippen LogP contribution in [0, 0.1) is 5.41 Å². The van der Waals surface area contributed by atoms with Crippen LogP contribution in [0.2, 0.25) is 5.02 Å². The molecular weight excluding hydrogens is 499 g/mol. The molecular formula is C27H31ClN2O2Se+2. The fourth-order valence-corrected chi connectivity index (χ4v) is 7.58. The third kappa shape index (κ3) is 4.24. The van der Waals surface area contributed by atoms with Gasteiger partial charge in [0.05, 0.1) is 0 Å². The van der Waals surface area contributed by atoms with Crippen molar-refractivity contribution in [2.45, 2.75) is 27.7 Å². The van der Waals surface area contributed by atoms with Gasteiger partial charge in [0.2, 0.25) is 0 Å². The number of aromatic nitrogens is 1. The van der Waals surface area contributed by atoms with Gasteiger partial charge >= 0.3 is 208 Å². The fourth-order valence-electron chi connectivity index (χ4n) is 4.57. The Kier molecular flexibility index (Phi) is 6.45. The Bertz CT molecular complexity index is 1280. The third-order valence-corrected chi connectivity index (χ3v) is 9.67. The van der Waals surface area contributed by atoms with Gasteiger partial charge in [-0.05, 0) is 0 Å². The van der Waals surface area contributed by atoms with E-state index in [9.17, 15) is 4.79 Å². The molecule has 0 saturated heterocycles. The number of halogens is 1. The number of quaternary nitrogens is 1. The Hall–Kier alpha value is -2.17. The maximum absolute atomic E-state index is 12.6. The number of hydrogen-bond acceptors (Lipinski definition) is 2. The molecule has 4 nitrogen and oxygen atoms in total. The molecule has 0 radical (unpaired) electrons. The van der Waals surface area contributed by atoms with Crippen LogP contribution in [0.1, 0.15) is 33.3 Å². The summed E-state index contributed by atoms with van der Waals surface area (Å²) in [6.07, 6.45) is 4.44. The van der Waals surface area contributed by atoms with E-state index >= 15 is 0 Å². The second-order valence-electron chi connectivity index (χ2n) is 9.34. The van der Waals surface area contributed by atoms with E-state index in [2.05, 4.69) is 68.9 Å². The van der Waals surface area contributed by atoms with Gasteiger partial charge in [0.25, 0.3) is 0 Å². The topological polar surface area (TPSA) is 30.2 Å². The van der Waals surface area contributed by atoms with Crippen molar-refractivity contribution in [3.05, 3.63) is 63.8 Å². The predicted molar refractivity (Wildman–Crippen MR) is 138 cm³/mol. The van der Waals surface area contributed by atoms with Crippen molar-refractivity contribution in [1.82, 2.24) is 4.48 Å². The van der Waals surface area contributed by atoms with E-state index in [0.717, 1.165) is 33.8 Å². The fraction of sp³-hybridized carbons (Fsp3) is 0.333. The molecule has 0 bridgehead atoms. The quantitative estimate of drug-likeness (QED) is 0.265. The van der Waals surface area contributed by atoms with Crippen molar-refractivity contribution in [2.24, 2.45) is 12.5 Å². The molecule has 1 aliphatic heterocycles. The van der Waals surface area contributed by atoms with E-state index in [1.165, 1.54) is 14.7 Å². The zero-order chi connectivity index (χ0) is 24.0. The summed E-state index contributed by atoms with van der Waals surface area (Å²) >= 11 is 6.52. The molecule has 1 aliphatic rings. The summed E-state index contributed by atoms with van der Waals surface area (Å²) in [5.41, 5.74) is 3.09. The number of carbonyl (C=O) groups is 1. The van der Waals surface area contributed by atoms with E-state index in [-0.39, 0.29) is 20.7 Å². The SMILES string of the molecule is CC[N+]1(CC(C)(C)C(C)=O)/C(=C/c2cc[n+](C)c3ccc(Cl)cc23)[Se]c2ccc(OC)cc21. The molecule has 2 aromatic carbocycles. The molecule has 1 unspecified atom stereocenters. The molecule has 1 atom stereocenters. The minimum atomic E-state index is -0.454. The number of pyridine rings is 1. The maximum atomic E-state index is 12.6. The molecule has 0 fully saturated rings. The second kappa shape index (κ2) is 8.88. The van der Waals surface area contributed by atoms with E-state index in [1.807, 2.05) is 18.2 Å². The van der Waals surface area contributed by atoms with Crippen molar-refractivity contribution in [1.29, 1.82) is 0 Å². The van der Waals surface area contributed by atoms with E-state index in [1.54, 1.807) is 14.0 Å². The van der Waals surface area contributed by atoms with Gasteiger partial charge in [-0.2, -0.15) is 0 Å². The summed E-state index contributed by atoms with van der Waals surface area (Å²) in [7, 11) is 3.76. The van der Waals surface area contributed by atoms with Crippen molar-refractivity contribution in [3.63, 3.8) is 0 Å². The zero-order valence-electron chi connectivity index (χ0n) is 20.1. The number of methoxy groups -OCH3 is 1. The molecule has 2 heterocycles. The van der Waals surface area contributed by atoms with Gasteiger partial charge in [-0.3, -0.25) is 0 Å². The number of ether oxygens (including phenoxy) is 1. The van der Waals surface area contributed by atoms with Crippen molar-refractivity contribution >= 4 is 59.5 Å². The second-order valence-corrected chi connectivity index (χ2v) is 12.0. The number of fused-ring (bicyclic) bond motifs is 2. The number of carbonyl (C=O) groups excluding carboxylic acids is 1. The normalized spacial score (nSPS) is 19.2. The van der Waals surface area contributed by atoms with Crippen LogP contribution in [0.15, 0.2) is 53.3 Å². The number of benzene rings is 2. The molecule has 1 aromatic heterocycles. The van der Waals surface area contributed by atoms with Gasteiger partial charge in [-0.25, -0.2) is 0 Å². The van der Waals surface area contributed by atoms with Crippen LogP contribution >= 0.6 is 11.6 Å². The first-order valence-electron chi connectivity index (χ1n) is 11.2. The summed E-state index contributed by atoms with van der Waals surface area (Å²) in [5.74, 6) is 1.06. The van der Waals surface area contributed by atoms with Crippen LogP contribution in [0.25, 0.3) is 17.0 Å². The van der Waals surface area contributed by atoms with E-state index in [4.69, 9.17) is 16.3 Å². The van der Waals surface area contributed by atoms with Crippen LogP contribution in [0.4, 0.5) is 5.69 Å². The average Bonchev–Trinajstić information content (AvgIpc) is 3.07. The number of hydrogen-bond donors (Lipinski definition) is 0. The summed E-state index contributed by atoms with van der Waals surface area (Å²) in [5, 5.41) is 1.86. The molecule has 172 valence electrons. The first kappa shape index (κ1) is 24.0. The summed E-state index contributed by atoms with van der Waals surface area (Å²) in [6, 6.07) is 14.6. The van der Waals surface area contributed by atoms with Gasteiger partial charge < -0.3 is 0 Å². The van der Waals surface area contributed by atoms with Crippen LogP contribution in [0.5, 0.6) is 5.75 Å². The van der Waals surface area contributed by atoms with E-state index in [0.29, 0.717) is 11.0 Å². The Morgan fingerprint density at radius 1 is 1.21 bits per heavy atom. The first-order valence-corrected chi connectivity index (χ1v) is 13.2. The average molecular weight is 530 g/mol. The van der Waals surface area contributed by atoms with Crippen molar-refractivity contribution in [3.8, 4) is 5.75 Å². The van der Waals surface area contributed by atoms with Crippen molar-refractivity contribution < 1.29 is 14.1 Å². The van der Waals surface area contributed by atoms with Gasteiger partial charge in [-0.1, -0.05) is 0 Å². The number of ketones is 1. The monoisotopic (exact) mass is 530 g/mol.